The molecule has 8 nitrogen and oxygen atoms in total. The molecule has 2 aliphatic heterocycles. The van der Waals surface area contributed by atoms with Crippen LogP contribution in [0.5, 0.6) is 0 Å². The number of carbonyl (C=O) groups is 1. The molecule has 0 bridgehead atoms. The second kappa shape index (κ2) is 6.07. The maximum absolute atomic E-state index is 12.8. The fourth-order valence-corrected chi connectivity index (χ4v) is 4.08. The smallest absolute Gasteiger partial charge is 0.257 e. The van der Waals surface area contributed by atoms with Gasteiger partial charge in [0.05, 0.1) is 16.8 Å². The number of benzene rings is 1. The lowest BCUT2D eigenvalue weighted by Crippen LogP contribution is -2.73. The lowest BCUT2D eigenvalue weighted by molar-refractivity contribution is 0.0854. The molecule has 0 saturated carbocycles. The number of amides is 1. The van der Waals surface area contributed by atoms with E-state index in [4.69, 9.17) is 11.0 Å². The van der Waals surface area contributed by atoms with Crippen LogP contribution in [0.1, 0.15) is 27.2 Å². The van der Waals surface area contributed by atoms with Gasteiger partial charge in [-0.1, -0.05) is 17.7 Å². The molecule has 29 heavy (non-hydrogen) atoms. The Labute approximate surface area is 167 Å². The van der Waals surface area contributed by atoms with Crippen molar-refractivity contribution in [3.8, 4) is 11.9 Å². The third-order valence-corrected chi connectivity index (χ3v) is 5.59. The molecule has 1 amide bonds. The molecule has 1 spiro atoms. The van der Waals surface area contributed by atoms with Crippen molar-refractivity contribution in [2.75, 3.05) is 23.7 Å². The third-order valence-electron chi connectivity index (χ3n) is 5.59. The molecule has 2 aliphatic rings. The van der Waals surface area contributed by atoms with Crippen LogP contribution >= 0.6 is 0 Å². The fourth-order valence-electron chi connectivity index (χ4n) is 4.08. The number of nitrogens with two attached hydrogens (primary N) is 1. The van der Waals surface area contributed by atoms with E-state index in [9.17, 15) is 4.79 Å². The number of nitrogens with zero attached hydrogens (tertiary/aromatic N) is 5. The van der Waals surface area contributed by atoms with Gasteiger partial charge in [0.25, 0.3) is 5.91 Å². The van der Waals surface area contributed by atoms with Gasteiger partial charge in [-0.15, -0.1) is 0 Å². The van der Waals surface area contributed by atoms with E-state index in [2.05, 4.69) is 51.5 Å². The van der Waals surface area contributed by atoms with E-state index in [1.54, 1.807) is 12.1 Å². The first-order valence-electron chi connectivity index (χ1n) is 9.36. The van der Waals surface area contributed by atoms with Crippen molar-refractivity contribution in [3.05, 3.63) is 65.0 Å². The van der Waals surface area contributed by atoms with Gasteiger partial charge in [0.1, 0.15) is 17.5 Å². The van der Waals surface area contributed by atoms with Crippen molar-refractivity contribution in [2.24, 2.45) is 0 Å². The van der Waals surface area contributed by atoms with Crippen molar-refractivity contribution in [1.29, 1.82) is 5.26 Å². The predicted molar refractivity (Wildman–Crippen MR) is 108 cm³/mol. The van der Waals surface area contributed by atoms with Gasteiger partial charge in [-0.25, -0.2) is 4.98 Å². The predicted octanol–water partition coefficient (Wildman–Crippen LogP) is 1.57. The summed E-state index contributed by atoms with van der Waals surface area (Å²) in [6.07, 6.45) is 2.08. The van der Waals surface area contributed by atoms with Crippen molar-refractivity contribution in [3.63, 3.8) is 0 Å². The SMILES string of the molecule is Cc1ccc(N2CC3(Cc4nn(-c5ccc(C#N)cn5)c(N)c4C(=O)N3)C2)cc1. The lowest BCUT2D eigenvalue weighted by Gasteiger charge is -2.52. The molecular weight excluding hydrogens is 366 g/mol. The van der Waals surface area contributed by atoms with Crippen LogP contribution in [0, 0.1) is 18.3 Å². The van der Waals surface area contributed by atoms with Gasteiger partial charge in [-0.3, -0.25) is 4.79 Å². The fraction of sp³-hybridized carbons (Fsp3) is 0.238. The topological polar surface area (TPSA) is 113 Å². The van der Waals surface area contributed by atoms with Gasteiger partial charge in [-0.05, 0) is 31.2 Å². The van der Waals surface area contributed by atoms with Gasteiger partial charge in [0.2, 0.25) is 0 Å². The zero-order chi connectivity index (χ0) is 20.2. The van der Waals surface area contributed by atoms with Crippen molar-refractivity contribution in [1.82, 2.24) is 20.1 Å². The molecule has 2 aromatic heterocycles. The summed E-state index contributed by atoms with van der Waals surface area (Å²) in [5.41, 5.74) is 9.80. The highest BCUT2D eigenvalue weighted by molar-refractivity contribution is 6.01. The van der Waals surface area contributed by atoms with Crippen LogP contribution in [0.15, 0.2) is 42.6 Å². The highest BCUT2D eigenvalue weighted by Gasteiger charge is 2.49. The zero-order valence-corrected chi connectivity index (χ0v) is 15.9. The first kappa shape index (κ1) is 17.3. The number of aryl methyl sites for hydroxylation is 1. The summed E-state index contributed by atoms with van der Waals surface area (Å²) in [5.74, 6) is 0.541. The largest absolute Gasteiger partial charge is 0.383 e. The Hall–Kier alpha value is -3.86. The molecule has 4 heterocycles. The molecule has 0 radical (unpaired) electrons. The Morgan fingerprint density at radius 1 is 1.21 bits per heavy atom. The van der Waals surface area contributed by atoms with Gasteiger partial charge in [-0.2, -0.15) is 15.0 Å². The van der Waals surface area contributed by atoms with E-state index < -0.39 is 0 Å². The molecule has 1 aromatic carbocycles. The summed E-state index contributed by atoms with van der Waals surface area (Å²) in [6, 6.07) is 13.7. The lowest BCUT2D eigenvalue weighted by atomic mass is 9.80. The average molecular weight is 385 g/mol. The monoisotopic (exact) mass is 385 g/mol. The van der Waals surface area contributed by atoms with E-state index in [1.807, 2.05) is 6.07 Å². The van der Waals surface area contributed by atoms with Gasteiger partial charge < -0.3 is 16.0 Å². The molecule has 1 saturated heterocycles. The Bertz CT molecular complexity index is 1150. The summed E-state index contributed by atoms with van der Waals surface area (Å²) in [4.78, 5) is 19.3. The number of anilines is 2. The number of carbonyl (C=O) groups excluding carboxylic acids is 1. The Morgan fingerprint density at radius 3 is 2.62 bits per heavy atom. The molecule has 3 aromatic rings. The number of fused-ring (bicyclic) bond motifs is 1. The van der Waals surface area contributed by atoms with E-state index in [0.717, 1.165) is 18.8 Å². The Kier molecular flexibility index (Phi) is 3.61. The van der Waals surface area contributed by atoms with Crippen LogP contribution in [0.4, 0.5) is 11.5 Å². The Morgan fingerprint density at radius 2 is 1.97 bits per heavy atom. The summed E-state index contributed by atoms with van der Waals surface area (Å²) in [5, 5.41) is 16.7. The number of aromatic nitrogens is 3. The first-order valence-corrected chi connectivity index (χ1v) is 9.36. The molecule has 8 heteroatoms. The summed E-state index contributed by atoms with van der Waals surface area (Å²) in [6.45, 7) is 3.51. The highest BCUT2D eigenvalue weighted by atomic mass is 16.2. The standard InChI is InChI=1S/C21H19N7O/c1-13-2-5-15(6-3-13)27-11-21(12-27)8-16-18(20(29)25-21)19(23)28(26-16)17-7-4-14(9-22)10-24-17/h2-7,10H,8,11-12,23H2,1H3,(H,25,29). The van der Waals surface area contributed by atoms with Crippen LogP contribution in [-0.4, -0.2) is 39.3 Å². The van der Waals surface area contributed by atoms with E-state index in [1.165, 1.54) is 16.4 Å². The van der Waals surface area contributed by atoms with Crippen molar-refractivity contribution in [2.45, 2.75) is 18.9 Å². The highest BCUT2D eigenvalue weighted by Crippen LogP contribution is 2.36. The van der Waals surface area contributed by atoms with Crippen LogP contribution in [0.3, 0.4) is 0 Å². The number of pyridine rings is 1. The average Bonchev–Trinajstić information content (AvgIpc) is 3.03. The van der Waals surface area contributed by atoms with Crippen LogP contribution in [0.25, 0.3) is 5.82 Å². The number of nitrogen functional groups attached to an aromatic ring is 1. The van der Waals surface area contributed by atoms with Crippen LogP contribution < -0.4 is 16.0 Å². The van der Waals surface area contributed by atoms with Crippen LogP contribution in [0.2, 0.25) is 0 Å². The van der Waals surface area contributed by atoms with Gasteiger partial charge >= 0.3 is 0 Å². The van der Waals surface area contributed by atoms with E-state index >= 15 is 0 Å². The molecular formula is C21H19N7O. The van der Waals surface area contributed by atoms with Gasteiger partial charge in [0.15, 0.2) is 5.82 Å². The molecule has 5 rings (SSSR count). The molecule has 0 atom stereocenters. The molecule has 144 valence electrons. The Balaban J connectivity index is 1.41. The number of nitriles is 1. The number of rotatable bonds is 2. The summed E-state index contributed by atoms with van der Waals surface area (Å²) < 4.78 is 1.47. The minimum atomic E-state index is -0.335. The molecule has 0 unspecified atom stereocenters. The minimum Gasteiger partial charge on any atom is -0.383 e. The third kappa shape index (κ3) is 2.70. The quantitative estimate of drug-likeness (QED) is 0.692. The molecule has 1 fully saturated rings. The van der Waals surface area contributed by atoms with E-state index in [-0.39, 0.29) is 17.3 Å². The minimum absolute atomic E-state index is 0.202. The number of hydrogen-bond acceptors (Lipinski definition) is 6. The summed E-state index contributed by atoms with van der Waals surface area (Å²) >= 11 is 0. The van der Waals surface area contributed by atoms with Crippen molar-refractivity contribution < 1.29 is 4.79 Å². The van der Waals surface area contributed by atoms with Gasteiger partial charge in [0, 0.05) is 31.4 Å². The molecule has 3 N–H and O–H groups in total. The maximum atomic E-state index is 12.8. The number of nitrogens with one attached hydrogen (secondary N) is 1. The zero-order valence-electron chi connectivity index (χ0n) is 15.9. The summed E-state index contributed by atoms with van der Waals surface area (Å²) in [7, 11) is 0. The maximum Gasteiger partial charge on any atom is 0.257 e. The molecule has 0 aliphatic carbocycles. The second-order valence-electron chi connectivity index (χ2n) is 7.74. The second-order valence-corrected chi connectivity index (χ2v) is 7.74. The van der Waals surface area contributed by atoms with Crippen molar-refractivity contribution >= 4 is 17.4 Å². The van der Waals surface area contributed by atoms with Crippen LogP contribution in [-0.2, 0) is 6.42 Å². The van der Waals surface area contributed by atoms with E-state index in [0.29, 0.717) is 29.1 Å². The normalized spacial score (nSPS) is 16.7. The number of hydrogen-bond donors (Lipinski definition) is 2. The first-order chi connectivity index (χ1) is 14.0.